The molecule has 0 aliphatic heterocycles. The highest BCUT2D eigenvalue weighted by molar-refractivity contribution is 6.08. The van der Waals surface area contributed by atoms with E-state index in [1.54, 1.807) is 24.4 Å². The zero-order valence-electron chi connectivity index (χ0n) is 8.21. The number of hydrogen-bond donors (Lipinski definition) is 1. The Morgan fingerprint density at radius 2 is 2.06 bits per heavy atom. The van der Waals surface area contributed by atoms with Crippen LogP contribution in [0.15, 0.2) is 42.6 Å². The van der Waals surface area contributed by atoms with E-state index in [0.29, 0.717) is 11.3 Å². The fourth-order valence-corrected chi connectivity index (χ4v) is 1.39. The van der Waals surface area contributed by atoms with Crippen LogP contribution >= 0.6 is 0 Å². The summed E-state index contributed by atoms with van der Waals surface area (Å²) in [5.41, 5.74) is 0.634. The van der Waals surface area contributed by atoms with E-state index in [4.69, 9.17) is 0 Å². The van der Waals surface area contributed by atoms with Gasteiger partial charge in [0.25, 0.3) is 5.69 Å². The summed E-state index contributed by atoms with van der Waals surface area (Å²) in [5, 5.41) is 10.5. The van der Waals surface area contributed by atoms with Crippen LogP contribution in [0.25, 0.3) is 0 Å². The number of carbonyl (C=O) groups excluding carboxylic acids is 1. The molecule has 80 valence electrons. The first-order valence-electron chi connectivity index (χ1n) is 4.61. The van der Waals surface area contributed by atoms with Crippen molar-refractivity contribution in [2.24, 2.45) is 0 Å². The lowest BCUT2D eigenvalue weighted by atomic mass is 10.1. The molecular weight excluding hydrogens is 208 g/mol. The summed E-state index contributed by atoms with van der Waals surface area (Å²) in [7, 11) is 0. The molecular formula is C11H8N2O3. The molecule has 1 heterocycles. The summed E-state index contributed by atoms with van der Waals surface area (Å²) < 4.78 is 0. The van der Waals surface area contributed by atoms with Crippen LogP contribution in [0.2, 0.25) is 0 Å². The summed E-state index contributed by atoms with van der Waals surface area (Å²) in [6.45, 7) is 0. The van der Waals surface area contributed by atoms with Gasteiger partial charge in [-0.1, -0.05) is 12.1 Å². The van der Waals surface area contributed by atoms with Crippen molar-refractivity contribution >= 4 is 11.5 Å². The number of hydrogen-bond acceptors (Lipinski definition) is 3. The molecule has 2 rings (SSSR count). The highest BCUT2D eigenvalue weighted by Gasteiger charge is 2.13. The van der Waals surface area contributed by atoms with Crippen molar-refractivity contribution in [2.45, 2.75) is 0 Å². The Bertz CT molecular complexity index is 532. The number of rotatable bonds is 3. The van der Waals surface area contributed by atoms with Gasteiger partial charge in [0, 0.05) is 23.9 Å². The molecule has 1 aromatic heterocycles. The lowest BCUT2D eigenvalue weighted by Gasteiger charge is -1.98. The third kappa shape index (κ3) is 1.83. The average molecular weight is 216 g/mol. The number of nitrogens with zero attached hydrogens (tertiary/aromatic N) is 1. The van der Waals surface area contributed by atoms with E-state index in [9.17, 15) is 14.9 Å². The SMILES string of the molecule is O=C(c1cccc([N+](=O)[O-])c1)c1ccc[nH]1. The number of aromatic nitrogens is 1. The van der Waals surface area contributed by atoms with E-state index in [1.165, 1.54) is 18.2 Å². The number of non-ortho nitro benzene ring substituents is 1. The molecule has 1 aromatic carbocycles. The number of benzene rings is 1. The molecule has 16 heavy (non-hydrogen) atoms. The highest BCUT2D eigenvalue weighted by Crippen LogP contribution is 2.15. The number of nitrogens with one attached hydrogen (secondary N) is 1. The lowest BCUT2D eigenvalue weighted by Crippen LogP contribution is -2.02. The predicted octanol–water partition coefficient (Wildman–Crippen LogP) is 2.15. The van der Waals surface area contributed by atoms with Gasteiger partial charge in [-0.25, -0.2) is 0 Å². The molecule has 1 N–H and O–H groups in total. The number of nitro benzene ring substituents is 1. The Kier molecular flexibility index (Phi) is 2.51. The van der Waals surface area contributed by atoms with Crippen LogP contribution in [-0.2, 0) is 0 Å². The van der Waals surface area contributed by atoms with E-state index in [2.05, 4.69) is 4.98 Å². The van der Waals surface area contributed by atoms with Crippen molar-refractivity contribution in [1.29, 1.82) is 0 Å². The van der Waals surface area contributed by atoms with Gasteiger partial charge >= 0.3 is 0 Å². The van der Waals surface area contributed by atoms with Crippen molar-refractivity contribution in [3.05, 3.63) is 64.0 Å². The normalized spacial score (nSPS) is 10.0. The van der Waals surface area contributed by atoms with Gasteiger partial charge in [0.15, 0.2) is 0 Å². The van der Waals surface area contributed by atoms with Crippen LogP contribution in [0.3, 0.4) is 0 Å². The van der Waals surface area contributed by atoms with Gasteiger partial charge in [0.05, 0.1) is 10.6 Å². The van der Waals surface area contributed by atoms with Crippen molar-refractivity contribution < 1.29 is 9.72 Å². The average Bonchev–Trinajstić information content (AvgIpc) is 2.81. The van der Waals surface area contributed by atoms with E-state index in [1.807, 2.05) is 0 Å². The highest BCUT2D eigenvalue weighted by atomic mass is 16.6. The van der Waals surface area contributed by atoms with Crippen molar-refractivity contribution in [2.75, 3.05) is 0 Å². The van der Waals surface area contributed by atoms with Crippen LogP contribution in [0.1, 0.15) is 16.1 Å². The Morgan fingerprint density at radius 1 is 1.25 bits per heavy atom. The Hall–Kier alpha value is -2.43. The van der Waals surface area contributed by atoms with Crippen LogP contribution in [0, 0.1) is 10.1 Å². The number of aromatic amines is 1. The third-order valence-corrected chi connectivity index (χ3v) is 2.16. The maximum atomic E-state index is 11.8. The number of H-pyrrole nitrogens is 1. The first kappa shape index (κ1) is 10.1. The topological polar surface area (TPSA) is 76.0 Å². The van der Waals surface area contributed by atoms with Crippen molar-refractivity contribution in [3.63, 3.8) is 0 Å². The summed E-state index contributed by atoms with van der Waals surface area (Å²) in [4.78, 5) is 24.6. The first-order valence-corrected chi connectivity index (χ1v) is 4.61. The molecule has 0 aliphatic carbocycles. The number of nitro groups is 1. The fourth-order valence-electron chi connectivity index (χ4n) is 1.39. The van der Waals surface area contributed by atoms with E-state index in [-0.39, 0.29) is 11.5 Å². The molecule has 0 unspecified atom stereocenters. The standard InChI is InChI=1S/C11H8N2O3/c14-11(10-5-2-6-12-10)8-3-1-4-9(7-8)13(15)16/h1-7,12H. The van der Waals surface area contributed by atoms with E-state index in [0.717, 1.165) is 0 Å². The smallest absolute Gasteiger partial charge is 0.270 e. The molecule has 0 saturated heterocycles. The lowest BCUT2D eigenvalue weighted by molar-refractivity contribution is -0.384. The minimum absolute atomic E-state index is 0.0857. The van der Waals surface area contributed by atoms with Crippen LogP contribution in [0.4, 0.5) is 5.69 Å². The van der Waals surface area contributed by atoms with E-state index >= 15 is 0 Å². The third-order valence-electron chi connectivity index (χ3n) is 2.16. The van der Waals surface area contributed by atoms with Crippen LogP contribution in [0.5, 0.6) is 0 Å². The Morgan fingerprint density at radius 3 is 2.69 bits per heavy atom. The second-order valence-corrected chi connectivity index (χ2v) is 3.22. The zero-order valence-corrected chi connectivity index (χ0v) is 8.21. The minimum atomic E-state index is -0.522. The molecule has 0 aliphatic rings. The van der Waals surface area contributed by atoms with Gasteiger partial charge in [0.1, 0.15) is 0 Å². The zero-order chi connectivity index (χ0) is 11.5. The van der Waals surface area contributed by atoms with Crippen molar-refractivity contribution in [3.8, 4) is 0 Å². The molecule has 0 bridgehead atoms. The summed E-state index contributed by atoms with van der Waals surface area (Å²) in [6.07, 6.45) is 1.63. The molecule has 0 fully saturated rings. The minimum Gasteiger partial charge on any atom is -0.359 e. The monoisotopic (exact) mass is 216 g/mol. The fraction of sp³-hybridized carbons (Fsp3) is 0. The summed E-state index contributed by atoms with van der Waals surface area (Å²) in [5.74, 6) is -0.256. The second-order valence-electron chi connectivity index (χ2n) is 3.22. The van der Waals surface area contributed by atoms with Crippen LogP contribution < -0.4 is 0 Å². The second kappa shape index (κ2) is 3.98. The maximum absolute atomic E-state index is 11.8. The Labute approximate surface area is 90.9 Å². The largest absolute Gasteiger partial charge is 0.359 e. The molecule has 0 radical (unpaired) electrons. The first-order chi connectivity index (χ1) is 7.68. The van der Waals surface area contributed by atoms with Gasteiger partial charge in [-0.05, 0) is 12.1 Å². The molecule has 0 saturated carbocycles. The molecule has 0 spiro atoms. The molecule has 2 aromatic rings. The van der Waals surface area contributed by atoms with Gasteiger partial charge in [-0.15, -0.1) is 0 Å². The number of ketones is 1. The van der Waals surface area contributed by atoms with Crippen LogP contribution in [-0.4, -0.2) is 15.7 Å². The van der Waals surface area contributed by atoms with Gasteiger partial charge in [-0.3, -0.25) is 14.9 Å². The Balaban J connectivity index is 2.38. The quantitative estimate of drug-likeness (QED) is 0.485. The summed E-state index contributed by atoms with van der Waals surface area (Å²) >= 11 is 0. The summed E-state index contributed by atoms with van der Waals surface area (Å²) in [6, 6.07) is 8.99. The molecule has 5 nitrogen and oxygen atoms in total. The molecule has 5 heteroatoms. The molecule has 0 amide bonds. The predicted molar refractivity (Wildman–Crippen MR) is 57.3 cm³/mol. The van der Waals surface area contributed by atoms with E-state index < -0.39 is 4.92 Å². The molecule has 0 atom stereocenters. The van der Waals surface area contributed by atoms with Gasteiger partial charge in [-0.2, -0.15) is 0 Å². The van der Waals surface area contributed by atoms with Gasteiger partial charge < -0.3 is 4.98 Å². The van der Waals surface area contributed by atoms with Crippen molar-refractivity contribution in [1.82, 2.24) is 4.98 Å². The number of carbonyl (C=O) groups is 1. The van der Waals surface area contributed by atoms with Gasteiger partial charge in [0.2, 0.25) is 5.78 Å². The maximum Gasteiger partial charge on any atom is 0.270 e.